The molecule has 2 saturated heterocycles. The Labute approximate surface area is 174 Å². The van der Waals surface area contributed by atoms with Crippen molar-refractivity contribution in [2.45, 2.75) is 25.3 Å². The number of urea groups is 1. The number of nitrogens with one attached hydrogen (secondary N) is 2. The predicted molar refractivity (Wildman–Crippen MR) is 110 cm³/mol. The Morgan fingerprint density at radius 2 is 1.90 bits per heavy atom. The van der Waals surface area contributed by atoms with Gasteiger partial charge in [0.05, 0.1) is 35.5 Å². The Bertz CT molecular complexity index is 873. The minimum absolute atomic E-state index is 0.00184. The average Bonchev–Trinajstić information content (AvgIpc) is 3.42. The minimum atomic E-state index is -0.381. The molecular formula is C20H24ClN5O3. The van der Waals surface area contributed by atoms with Crippen molar-refractivity contribution in [2.24, 2.45) is 5.92 Å². The molecular weight excluding hydrogens is 394 g/mol. The highest BCUT2D eigenvalue weighted by Crippen LogP contribution is 2.27. The van der Waals surface area contributed by atoms with E-state index in [1.54, 1.807) is 36.5 Å². The minimum Gasteiger partial charge on any atom is -0.381 e. The second-order valence-electron chi connectivity index (χ2n) is 7.34. The van der Waals surface area contributed by atoms with Gasteiger partial charge in [0.1, 0.15) is 5.82 Å². The lowest BCUT2D eigenvalue weighted by Gasteiger charge is -2.34. The number of amides is 3. The number of halogens is 1. The maximum absolute atomic E-state index is 12.6. The SMILES string of the molecule is O=C(Nc1ccccc1Cl)Nc1ccnn1C1CCN(C(=O)C2CCOC2)CC1. The third-order valence-corrected chi connectivity index (χ3v) is 5.76. The summed E-state index contributed by atoms with van der Waals surface area (Å²) in [6.45, 7) is 2.58. The van der Waals surface area contributed by atoms with Crippen LogP contribution in [0.4, 0.5) is 16.3 Å². The van der Waals surface area contributed by atoms with Gasteiger partial charge in [0, 0.05) is 25.8 Å². The van der Waals surface area contributed by atoms with Crippen LogP contribution in [0, 0.1) is 5.92 Å². The number of piperidine rings is 1. The molecule has 2 aromatic rings. The molecule has 2 aliphatic heterocycles. The molecule has 3 heterocycles. The van der Waals surface area contributed by atoms with E-state index in [0.29, 0.717) is 42.8 Å². The number of benzene rings is 1. The van der Waals surface area contributed by atoms with Gasteiger partial charge in [-0.3, -0.25) is 10.1 Å². The van der Waals surface area contributed by atoms with E-state index in [1.807, 2.05) is 9.58 Å². The Morgan fingerprint density at radius 3 is 2.62 bits per heavy atom. The number of hydrogen-bond acceptors (Lipinski definition) is 4. The molecule has 2 fully saturated rings. The average molecular weight is 418 g/mol. The number of hydrogen-bond donors (Lipinski definition) is 2. The maximum atomic E-state index is 12.6. The van der Waals surface area contributed by atoms with Crippen molar-refractivity contribution in [2.75, 3.05) is 36.9 Å². The number of anilines is 2. The topological polar surface area (TPSA) is 88.5 Å². The summed E-state index contributed by atoms with van der Waals surface area (Å²) in [5.41, 5.74) is 0.542. The van der Waals surface area contributed by atoms with Gasteiger partial charge in [0.15, 0.2) is 0 Å². The van der Waals surface area contributed by atoms with Crippen LogP contribution >= 0.6 is 11.6 Å². The van der Waals surface area contributed by atoms with Gasteiger partial charge < -0.3 is 15.0 Å². The van der Waals surface area contributed by atoms with Gasteiger partial charge in [0.25, 0.3) is 0 Å². The molecule has 1 unspecified atom stereocenters. The number of nitrogens with zero attached hydrogens (tertiary/aromatic N) is 3. The number of para-hydroxylation sites is 1. The zero-order valence-corrected chi connectivity index (χ0v) is 16.8. The number of likely N-dealkylation sites (tertiary alicyclic amines) is 1. The van der Waals surface area contributed by atoms with Gasteiger partial charge in [-0.05, 0) is 31.4 Å². The molecule has 8 nitrogen and oxygen atoms in total. The number of rotatable bonds is 4. The highest BCUT2D eigenvalue weighted by atomic mass is 35.5. The van der Waals surface area contributed by atoms with Crippen LogP contribution in [0.5, 0.6) is 0 Å². The lowest BCUT2D eigenvalue weighted by atomic mass is 10.0. The smallest absolute Gasteiger partial charge is 0.324 e. The van der Waals surface area contributed by atoms with Crippen molar-refractivity contribution in [3.05, 3.63) is 41.6 Å². The van der Waals surface area contributed by atoms with Crippen molar-refractivity contribution in [1.29, 1.82) is 0 Å². The lowest BCUT2D eigenvalue weighted by molar-refractivity contribution is -0.136. The van der Waals surface area contributed by atoms with Gasteiger partial charge in [-0.15, -0.1) is 0 Å². The Morgan fingerprint density at radius 1 is 1.10 bits per heavy atom. The number of carbonyl (C=O) groups excluding carboxylic acids is 2. The predicted octanol–water partition coefficient (Wildman–Crippen LogP) is 3.38. The molecule has 0 radical (unpaired) electrons. The zero-order chi connectivity index (χ0) is 20.2. The largest absolute Gasteiger partial charge is 0.381 e. The summed E-state index contributed by atoms with van der Waals surface area (Å²) < 4.78 is 7.16. The fraction of sp³-hybridized carbons (Fsp3) is 0.450. The highest BCUT2D eigenvalue weighted by Gasteiger charge is 2.31. The molecule has 1 aromatic carbocycles. The molecule has 2 N–H and O–H groups in total. The first-order valence-corrected chi connectivity index (χ1v) is 10.2. The van der Waals surface area contributed by atoms with Crippen molar-refractivity contribution in [3.8, 4) is 0 Å². The summed E-state index contributed by atoms with van der Waals surface area (Å²) in [6, 6.07) is 8.57. The van der Waals surface area contributed by atoms with Crippen LogP contribution in [-0.4, -0.2) is 52.9 Å². The highest BCUT2D eigenvalue weighted by molar-refractivity contribution is 6.33. The standard InChI is InChI=1S/C20H24ClN5O3/c21-16-3-1-2-4-17(16)23-20(28)24-18-5-9-22-26(18)15-6-10-25(11-7-15)19(27)14-8-12-29-13-14/h1-5,9,14-15H,6-8,10-13H2,(H2,23,24,28). The normalized spacial score (nSPS) is 19.9. The van der Waals surface area contributed by atoms with E-state index < -0.39 is 0 Å². The van der Waals surface area contributed by atoms with Crippen molar-refractivity contribution in [1.82, 2.24) is 14.7 Å². The van der Waals surface area contributed by atoms with E-state index in [1.165, 1.54) is 0 Å². The third-order valence-electron chi connectivity index (χ3n) is 5.43. The molecule has 0 spiro atoms. The molecule has 29 heavy (non-hydrogen) atoms. The fourth-order valence-electron chi connectivity index (χ4n) is 3.86. The van der Waals surface area contributed by atoms with Crippen LogP contribution in [0.3, 0.4) is 0 Å². The summed E-state index contributed by atoms with van der Waals surface area (Å²) in [5.74, 6) is 0.810. The van der Waals surface area contributed by atoms with E-state index in [2.05, 4.69) is 15.7 Å². The Balaban J connectivity index is 1.34. The third kappa shape index (κ3) is 4.54. The molecule has 1 aromatic heterocycles. The number of carbonyl (C=O) groups is 2. The molecule has 0 bridgehead atoms. The van der Waals surface area contributed by atoms with Crippen LogP contribution in [0.15, 0.2) is 36.5 Å². The van der Waals surface area contributed by atoms with E-state index in [0.717, 1.165) is 19.3 Å². The van der Waals surface area contributed by atoms with Gasteiger partial charge in [-0.25, -0.2) is 9.48 Å². The molecule has 154 valence electrons. The molecule has 3 amide bonds. The second-order valence-corrected chi connectivity index (χ2v) is 7.74. The maximum Gasteiger partial charge on any atom is 0.324 e. The molecule has 4 rings (SSSR count). The zero-order valence-electron chi connectivity index (χ0n) is 16.0. The second kappa shape index (κ2) is 8.84. The van der Waals surface area contributed by atoms with Gasteiger partial charge in [0.2, 0.25) is 5.91 Å². The van der Waals surface area contributed by atoms with Crippen LogP contribution < -0.4 is 10.6 Å². The monoisotopic (exact) mass is 417 g/mol. The first-order valence-electron chi connectivity index (χ1n) is 9.84. The van der Waals surface area contributed by atoms with Gasteiger partial charge in [-0.1, -0.05) is 23.7 Å². The quantitative estimate of drug-likeness (QED) is 0.798. The van der Waals surface area contributed by atoms with E-state index >= 15 is 0 Å². The molecule has 1 atom stereocenters. The van der Waals surface area contributed by atoms with Crippen molar-refractivity contribution in [3.63, 3.8) is 0 Å². The molecule has 9 heteroatoms. The molecule has 0 aliphatic carbocycles. The van der Waals surface area contributed by atoms with E-state index in [4.69, 9.17) is 16.3 Å². The van der Waals surface area contributed by atoms with Crippen LogP contribution in [0.1, 0.15) is 25.3 Å². The summed E-state index contributed by atoms with van der Waals surface area (Å²) in [5, 5.41) is 10.4. The van der Waals surface area contributed by atoms with Crippen molar-refractivity contribution >= 4 is 35.0 Å². The summed E-state index contributed by atoms with van der Waals surface area (Å²) in [6.07, 6.45) is 4.06. The Hall–Kier alpha value is -2.58. The fourth-order valence-corrected chi connectivity index (χ4v) is 4.04. The van der Waals surface area contributed by atoms with E-state index in [-0.39, 0.29) is 23.9 Å². The molecule has 2 aliphatic rings. The number of aromatic nitrogens is 2. The van der Waals surface area contributed by atoms with Gasteiger partial charge >= 0.3 is 6.03 Å². The lowest BCUT2D eigenvalue weighted by Crippen LogP contribution is -2.42. The van der Waals surface area contributed by atoms with E-state index in [9.17, 15) is 9.59 Å². The molecule has 0 saturated carbocycles. The summed E-state index contributed by atoms with van der Waals surface area (Å²) >= 11 is 6.09. The van der Waals surface area contributed by atoms with Crippen LogP contribution in [-0.2, 0) is 9.53 Å². The van der Waals surface area contributed by atoms with Crippen molar-refractivity contribution < 1.29 is 14.3 Å². The van der Waals surface area contributed by atoms with Crippen LogP contribution in [0.25, 0.3) is 0 Å². The van der Waals surface area contributed by atoms with Crippen LogP contribution in [0.2, 0.25) is 5.02 Å². The summed E-state index contributed by atoms with van der Waals surface area (Å²) in [7, 11) is 0. The summed E-state index contributed by atoms with van der Waals surface area (Å²) in [4.78, 5) is 26.9. The Kier molecular flexibility index (Phi) is 6.01. The van der Waals surface area contributed by atoms with Gasteiger partial charge in [-0.2, -0.15) is 5.10 Å². The first kappa shape index (κ1) is 19.7. The number of ether oxygens (including phenoxy) is 1. The first-order chi connectivity index (χ1) is 14.1.